The average Bonchev–Trinajstić information content (AvgIpc) is 3.00. The van der Waals surface area contributed by atoms with Gasteiger partial charge in [0.1, 0.15) is 5.82 Å². The molecule has 3 nitrogen and oxygen atoms in total. The molecule has 1 heterocycles. The Morgan fingerprint density at radius 2 is 2.27 bits per heavy atom. The van der Waals surface area contributed by atoms with Crippen molar-refractivity contribution in [2.24, 2.45) is 0 Å². The average molecular weight is 200 g/mol. The van der Waals surface area contributed by atoms with Crippen LogP contribution in [-0.2, 0) is 0 Å². The van der Waals surface area contributed by atoms with E-state index in [9.17, 15) is 4.79 Å². The van der Waals surface area contributed by atoms with Gasteiger partial charge in [-0.1, -0.05) is 6.07 Å². The number of imidazole rings is 1. The fourth-order valence-electron chi connectivity index (χ4n) is 2.17. The third-order valence-corrected chi connectivity index (χ3v) is 2.96. The fourth-order valence-corrected chi connectivity index (χ4v) is 2.17. The van der Waals surface area contributed by atoms with Crippen LogP contribution >= 0.6 is 0 Å². The molecule has 0 radical (unpaired) electrons. The number of nitrogens with zero attached hydrogens (tertiary/aromatic N) is 2. The highest BCUT2D eigenvalue weighted by molar-refractivity contribution is 5.94. The van der Waals surface area contributed by atoms with Crippen LogP contribution in [0.3, 0.4) is 0 Å². The second-order valence-corrected chi connectivity index (χ2v) is 4.09. The molecule has 3 heteroatoms. The molecule has 0 atom stereocenters. The number of aryl methyl sites for hydroxylation is 1. The van der Waals surface area contributed by atoms with E-state index in [0.717, 1.165) is 28.7 Å². The molecule has 0 spiro atoms. The molecular weight excluding hydrogens is 188 g/mol. The SMILES string of the molecule is Cc1nc2cccc(C=O)c2n1C1CC1. The normalized spacial score (nSPS) is 15.8. The van der Waals surface area contributed by atoms with Crippen LogP contribution in [-0.4, -0.2) is 15.8 Å². The Labute approximate surface area is 87.7 Å². The molecule has 0 aliphatic heterocycles. The van der Waals surface area contributed by atoms with E-state index >= 15 is 0 Å². The Hall–Kier alpha value is -1.64. The molecule has 0 amide bonds. The van der Waals surface area contributed by atoms with Crippen LogP contribution in [0.15, 0.2) is 18.2 Å². The predicted octanol–water partition coefficient (Wildman–Crippen LogP) is 2.49. The number of hydrogen-bond donors (Lipinski definition) is 0. The third-order valence-electron chi connectivity index (χ3n) is 2.96. The zero-order valence-corrected chi connectivity index (χ0v) is 8.60. The molecule has 1 fully saturated rings. The first-order valence-corrected chi connectivity index (χ1v) is 5.24. The first-order chi connectivity index (χ1) is 7.31. The van der Waals surface area contributed by atoms with E-state index in [2.05, 4.69) is 9.55 Å². The fraction of sp³-hybridized carbons (Fsp3) is 0.333. The van der Waals surface area contributed by atoms with Gasteiger partial charge < -0.3 is 4.57 Å². The van der Waals surface area contributed by atoms with E-state index < -0.39 is 0 Å². The van der Waals surface area contributed by atoms with Gasteiger partial charge in [0.05, 0.1) is 11.0 Å². The van der Waals surface area contributed by atoms with E-state index in [4.69, 9.17) is 0 Å². The van der Waals surface area contributed by atoms with Crippen molar-refractivity contribution in [3.05, 3.63) is 29.6 Å². The minimum absolute atomic E-state index is 0.566. The van der Waals surface area contributed by atoms with Crippen molar-refractivity contribution in [2.75, 3.05) is 0 Å². The number of hydrogen-bond acceptors (Lipinski definition) is 2. The van der Waals surface area contributed by atoms with Crippen LogP contribution < -0.4 is 0 Å². The number of fused-ring (bicyclic) bond motifs is 1. The van der Waals surface area contributed by atoms with Gasteiger partial charge in [0, 0.05) is 11.6 Å². The summed E-state index contributed by atoms with van der Waals surface area (Å²) in [7, 11) is 0. The Morgan fingerprint density at radius 1 is 1.47 bits per heavy atom. The van der Waals surface area contributed by atoms with Gasteiger partial charge in [-0.3, -0.25) is 4.79 Å². The Morgan fingerprint density at radius 3 is 2.93 bits per heavy atom. The Bertz CT molecular complexity index is 538. The largest absolute Gasteiger partial charge is 0.325 e. The molecule has 0 unspecified atom stereocenters. The van der Waals surface area contributed by atoms with Gasteiger partial charge in [-0.05, 0) is 31.9 Å². The molecule has 15 heavy (non-hydrogen) atoms. The molecule has 1 aliphatic rings. The molecule has 3 rings (SSSR count). The number of rotatable bonds is 2. The van der Waals surface area contributed by atoms with Crippen LogP contribution in [0.2, 0.25) is 0 Å². The number of carbonyl (C=O) groups is 1. The predicted molar refractivity (Wildman–Crippen MR) is 58.1 cm³/mol. The highest BCUT2D eigenvalue weighted by Gasteiger charge is 2.27. The van der Waals surface area contributed by atoms with Crippen LogP contribution in [0.1, 0.15) is 35.1 Å². The maximum Gasteiger partial charge on any atom is 0.152 e. The summed E-state index contributed by atoms with van der Waals surface area (Å²) in [6, 6.07) is 6.27. The first-order valence-electron chi connectivity index (χ1n) is 5.24. The number of para-hydroxylation sites is 1. The highest BCUT2D eigenvalue weighted by atomic mass is 16.1. The van der Waals surface area contributed by atoms with Crippen molar-refractivity contribution in [3.8, 4) is 0 Å². The van der Waals surface area contributed by atoms with Gasteiger partial charge in [0.25, 0.3) is 0 Å². The molecule has 76 valence electrons. The molecule has 0 N–H and O–H groups in total. The lowest BCUT2D eigenvalue weighted by Crippen LogP contribution is -1.98. The van der Waals surface area contributed by atoms with Crippen molar-refractivity contribution in [1.29, 1.82) is 0 Å². The number of carbonyl (C=O) groups excluding carboxylic acids is 1. The quantitative estimate of drug-likeness (QED) is 0.698. The lowest BCUT2D eigenvalue weighted by atomic mass is 10.2. The van der Waals surface area contributed by atoms with Gasteiger partial charge >= 0.3 is 0 Å². The number of aromatic nitrogens is 2. The molecular formula is C12H12N2O. The summed E-state index contributed by atoms with van der Waals surface area (Å²) in [4.78, 5) is 15.5. The Kier molecular flexibility index (Phi) is 1.69. The summed E-state index contributed by atoms with van der Waals surface area (Å²) in [6.07, 6.45) is 3.33. The zero-order valence-electron chi connectivity index (χ0n) is 8.60. The summed E-state index contributed by atoms with van der Waals surface area (Å²) in [5, 5.41) is 0. The van der Waals surface area contributed by atoms with E-state index in [-0.39, 0.29) is 0 Å². The van der Waals surface area contributed by atoms with E-state index in [1.54, 1.807) is 0 Å². The van der Waals surface area contributed by atoms with Crippen molar-refractivity contribution in [2.45, 2.75) is 25.8 Å². The highest BCUT2D eigenvalue weighted by Crippen LogP contribution is 2.39. The van der Waals surface area contributed by atoms with Crippen LogP contribution in [0, 0.1) is 6.92 Å². The molecule has 1 aromatic heterocycles. The summed E-state index contributed by atoms with van der Waals surface area (Å²) in [5.74, 6) is 1.02. The smallest absolute Gasteiger partial charge is 0.152 e. The van der Waals surface area contributed by atoms with Gasteiger partial charge in [-0.2, -0.15) is 0 Å². The van der Waals surface area contributed by atoms with Crippen molar-refractivity contribution < 1.29 is 4.79 Å². The zero-order chi connectivity index (χ0) is 10.4. The number of aldehydes is 1. The van der Waals surface area contributed by atoms with E-state index in [0.29, 0.717) is 6.04 Å². The molecule has 0 bridgehead atoms. The molecule has 0 saturated heterocycles. The van der Waals surface area contributed by atoms with Crippen molar-refractivity contribution in [1.82, 2.24) is 9.55 Å². The monoisotopic (exact) mass is 200 g/mol. The standard InChI is InChI=1S/C12H12N2O/c1-8-13-11-4-2-3-9(7-15)12(11)14(8)10-5-6-10/h2-4,7,10H,5-6H2,1H3. The van der Waals surface area contributed by atoms with Gasteiger partial charge in [-0.15, -0.1) is 0 Å². The van der Waals surface area contributed by atoms with Crippen molar-refractivity contribution in [3.63, 3.8) is 0 Å². The molecule has 1 aromatic carbocycles. The van der Waals surface area contributed by atoms with Crippen LogP contribution in [0.25, 0.3) is 11.0 Å². The summed E-state index contributed by atoms with van der Waals surface area (Å²) in [5.41, 5.74) is 2.69. The third kappa shape index (κ3) is 1.19. The lowest BCUT2D eigenvalue weighted by molar-refractivity contribution is 0.112. The van der Waals surface area contributed by atoms with E-state index in [1.165, 1.54) is 12.8 Å². The maximum atomic E-state index is 11.0. The molecule has 1 saturated carbocycles. The minimum atomic E-state index is 0.566. The second-order valence-electron chi connectivity index (χ2n) is 4.09. The van der Waals surface area contributed by atoms with Crippen LogP contribution in [0.5, 0.6) is 0 Å². The van der Waals surface area contributed by atoms with Gasteiger partial charge in [-0.25, -0.2) is 4.98 Å². The topological polar surface area (TPSA) is 34.9 Å². The molecule has 2 aromatic rings. The minimum Gasteiger partial charge on any atom is -0.325 e. The van der Waals surface area contributed by atoms with Gasteiger partial charge in [0.2, 0.25) is 0 Å². The molecule has 1 aliphatic carbocycles. The summed E-state index contributed by atoms with van der Waals surface area (Å²) >= 11 is 0. The summed E-state index contributed by atoms with van der Waals surface area (Å²) < 4.78 is 2.21. The van der Waals surface area contributed by atoms with E-state index in [1.807, 2.05) is 25.1 Å². The lowest BCUT2D eigenvalue weighted by Gasteiger charge is -2.05. The number of benzene rings is 1. The Balaban J connectivity index is 2.39. The van der Waals surface area contributed by atoms with Gasteiger partial charge in [0.15, 0.2) is 6.29 Å². The first kappa shape index (κ1) is 8.65. The summed E-state index contributed by atoms with van der Waals surface area (Å²) in [6.45, 7) is 2.01. The van der Waals surface area contributed by atoms with Crippen LogP contribution in [0.4, 0.5) is 0 Å². The second kappa shape index (κ2) is 2.92. The van der Waals surface area contributed by atoms with Crippen molar-refractivity contribution >= 4 is 17.3 Å². The maximum absolute atomic E-state index is 11.0.